The van der Waals surface area contributed by atoms with Crippen molar-refractivity contribution < 1.29 is 8.78 Å². The Morgan fingerprint density at radius 1 is 1.21 bits per heavy atom. The largest absolute Gasteiger partial charge is 0.310 e. The second kappa shape index (κ2) is 6.14. The van der Waals surface area contributed by atoms with Crippen molar-refractivity contribution in [3.8, 4) is 0 Å². The van der Waals surface area contributed by atoms with Crippen molar-refractivity contribution in [2.24, 2.45) is 0 Å². The van der Waals surface area contributed by atoms with Crippen LogP contribution in [0.5, 0.6) is 0 Å². The molecule has 0 aliphatic rings. The Balaban J connectivity index is 2.13. The molecule has 3 aromatic rings. The van der Waals surface area contributed by atoms with Crippen LogP contribution < -0.4 is 5.56 Å². The van der Waals surface area contributed by atoms with Crippen LogP contribution in [-0.2, 0) is 6.42 Å². The summed E-state index contributed by atoms with van der Waals surface area (Å²) in [4.78, 5) is 19.4. The van der Waals surface area contributed by atoms with Gasteiger partial charge in [0.05, 0.1) is 11.7 Å². The predicted octanol–water partition coefficient (Wildman–Crippen LogP) is 3.54. The molecule has 2 heterocycles. The molecule has 1 N–H and O–H groups in total. The molecule has 0 spiro atoms. The summed E-state index contributed by atoms with van der Waals surface area (Å²) >= 11 is 0. The number of nitrogens with zero attached hydrogens (tertiary/aromatic N) is 3. The molecule has 0 bridgehead atoms. The molecule has 126 valence electrons. The smallest absolute Gasteiger partial charge is 0.263 e. The van der Waals surface area contributed by atoms with Crippen LogP contribution in [0.3, 0.4) is 0 Å². The summed E-state index contributed by atoms with van der Waals surface area (Å²) in [6.45, 7) is 5.54. The zero-order chi connectivity index (χ0) is 17.4. The number of halogens is 2. The number of fused-ring (bicyclic) bond motifs is 1. The van der Waals surface area contributed by atoms with Gasteiger partial charge in [-0.3, -0.25) is 4.79 Å². The number of benzene rings is 1. The highest BCUT2D eigenvalue weighted by molar-refractivity contribution is 5.77. The number of alkyl halides is 2. The number of H-pyrrole nitrogens is 1. The van der Waals surface area contributed by atoms with Crippen molar-refractivity contribution in [3.63, 3.8) is 0 Å². The van der Waals surface area contributed by atoms with Crippen LogP contribution in [0.15, 0.2) is 29.1 Å². The lowest BCUT2D eigenvalue weighted by atomic mass is 10.1. The topological polar surface area (TPSA) is 63.6 Å². The van der Waals surface area contributed by atoms with Crippen LogP contribution in [0.25, 0.3) is 11.0 Å². The highest BCUT2D eigenvalue weighted by atomic mass is 19.3. The average molecular weight is 332 g/mol. The zero-order valence-electron chi connectivity index (χ0n) is 13.7. The first-order valence-electron chi connectivity index (χ1n) is 7.78. The van der Waals surface area contributed by atoms with Crippen LogP contribution in [-0.4, -0.2) is 19.7 Å². The number of rotatable bonds is 4. The van der Waals surface area contributed by atoms with E-state index in [1.54, 1.807) is 23.7 Å². The number of aromatic amines is 1. The van der Waals surface area contributed by atoms with E-state index in [1.807, 2.05) is 13.8 Å². The molecule has 0 amide bonds. The summed E-state index contributed by atoms with van der Waals surface area (Å²) in [6.07, 6.45) is -1.89. The SMILES string of the molecule is CCc1nn(C(C)c2ccc(C(F)F)cc2)c2nc(C)[nH]c(=O)c12. The van der Waals surface area contributed by atoms with Gasteiger partial charge in [-0.2, -0.15) is 5.10 Å². The third-order valence-corrected chi connectivity index (χ3v) is 4.13. The van der Waals surface area contributed by atoms with E-state index in [0.29, 0.717) is 29.0 Å². The summed E-state index contributed by atoms with van der Waals surface area (Å²) in [5.74, 6) is 0.511. The van der Waals surface area contributed by atoms with E-state index in [-0.39, 0.29) is 17.2 Å². The fourth-order valence-electron chi connectivity index (χ4n) is 2.80. The molecule has 0 saturated heterocycles. The molecule has 0 aliphatic heterocycles. The molecule has 1 aromatic carbocycles. The van der Waals surface area contributed by atoms with Crippen LogP contribution in [0.1, 0.15) is 49.0 Å². The molecule has 24 heavy (non-hydrogen) atoms. The lowest BCUT2D eigenvalue weighted by Gasteiger charge is -2.14. The monoisotopic (exact) mass is 332 g/mol. The van der Waals surface area contributed by atoms with Gasteiger partial charge in [0.1, 0.15) is 11.2 Å². The maximum Gasteiger partial charge on any atom is 0.263 e. The van der Waals surface area contributed by atoms with Gasteiger partial charge in [0.2, 0.25) is 0 Å². The summed E-state index contributed by atoms with van der Waals surface area (Å²) < 4.78 is 27.1. The molecular weight excluding hydrogens is 314 g/mol. The summed E-state index contributed by atoms with van der Waals surface area (Å²) in [6, 6.07) is 5.91. The maximum atomic E-state index is 12.7. The van der Waals surface area contributed by atoms with Crippen LogP contribution in [0.4, 0.5) is 8.78 Å². The van der Waals surface area contributed by atoms with Gasteiger partial charge >= 0.3 is 0 Å². The normalized spacial score (nSPS) is 12.9. The molecule has 0 saturated carbocycles. The molecule has 0 aliphatic carbocycles. The van der Waals surface area contributed by atoms with Crippen LogP contribution >= 0.6 is 0 Å². The van der Waals surface area contributed by atoms with Gasteiger partial charge in [-0.25, -0.2) is 18.4 Å². The summed E-state index contributed by atoms with van der Waals surface area (Å²) in [7, 11) is 0. The van der Waals surface area contributed by atoms with Crippen molar-refractivity contribution >= 4 is 11.0 Å². The zero-order valence-corrected chi connectivity index (χ0v) is 13.7. The number of nitrogens with one attached hydrogen (secondary N) is 1. The van der Waals surface area contributed by atoms with Crippen molar-refractivity contribution in [2.75, 3.05) is 0 Å². The van der Waals surface area contributed by atoms with Crippen molar-refractivity contribution in [1.29, 1.82) is 0 Å². The van der Waals surface area contributed by atoms with Gasteiger partial charge in [0.25, 0.3) is 12.0 Å². The number of hydrogen-bond acceptors (Lipinski definition) is 3. The van der Waals surface area contributed by atoms with E-state index in [2.05, 4.69) is 15.1 Å². The predicted molar refractivity (Wildman–Crippen MR) is 87.5 cm³/mol. The van der Waals surface area contributed by atoms with Crippen molar-refractivity contribution in [3.05, 3.63) is 57.3 Å². The molecule has 1 atom stereocenters. The maximum absolute atomic E-state index is 12.7. The van der Waals surface area contributed by atoms with Crippen molar-refractivity contribution in [1.82, 2.24) is 19.7 Å². The molecule has 5 nitrogen and oxygen atoms in total. The quantitative estimate of drug-likeness (QED) is 0.795. The average Bonchev–Trinajstić information content (AvgIpc) is 2.93. The Bertz CT molecular complexity index is 928. The van der Waals surface area contributed by atoms with Crippen molar-refractivity contribution in [2.45, 2.75) is 39.7 Å². The second-order valence-electron chi connectivity index (χ2n) is 5.74. The Hall–Kier alpha value is -2.57. The molecule has 0 fully saturated rings. The lowest BCUT2D eigenvalue weighted by Crippen LogP contribution is -2.13. The lowest BCUT2D eigenvalue weighted by molar-refractivity contribution is 0.151. The fraction of sp³-hybridized carbons (Fsp3) is 0.353. The van der Waals surface area contributed by atoms with Gasteiger partial charge in [0, 0.05) is 5.56 Å². The first kappa shape index (κ1) is 16.3. The van der Waals surface area contributed by atoms with E-state index < -0.39 is 6.43 Å². The Labute approximate surface area is 137 Å². The first-order valence-corrected chi connectivity index (χ1v) is 7.78. The van der Waals surface area contributed by atoms with Gasteiger partial charge in [0.15, 0.2) is 5.65 Å². The van der Waals surface area contributed by atoms with E-state index in [9.17, 15) is 13.6 Å². The standard InChI is InChI=1S/C17H18F2N4O/c1-4-13-14-16(20-10(3)21-17(14)24)23(22-13)9(2)11-5-7-12(8-6-11)15(18)19/h5-9,15H,4H2,1-3H3,(H,20,21,24). The van der Waals surface area contributed by atoms with E-state index in [4.69, 9.17) is 0 Å². The molecule has 2 aromatic heterocycles. The Morgan fingerprint density at radius 3 is 2.42 bits per heavy atom. The third-order valence-electron chi connectivity index (χ3n) is 4.13. The molecule has 7 heteroatoms. The Morgan fingerprint density at radius 2 is 1.83 bits per heavy atom. The Kier molecular flexibility index (Phi) is 4.17. The summed E-state index contributed by atoms with van der Waals surface area (Å²) in [5.41, 5.74) is 1.79. The van der Waals surface area contributed by atoms with Crippen LogP contribution in [0, 0.1) is 6.92 Å². The molecule has 3 rings (SSSR count). The molecule has 0 radical (unpaired) electrons. The van der Waals surface area contributed by atoms with E-state index in [0.717, 1.165) is 5.56 Å². The van der Waals surface area contributed by atoms with E-state index >= 15 is 0 Å². The number of aryl methyl sites for hydroxylation is 2. The van der Waals surface area contributed by atoms with Gasteiger partial charge in [-0.15, -0.1) is 0 Å². The second-order valence-corrected chi connectivity index (χ2v) is 5.74. The van der Waals surface area contributed by atoms with Gasteiger partial charge < -0.3 is 4.98 Å². The highest BCUT2D eigenvalue weighted by Crippen LogP contribution is 2.25. The first-order chi connectivity index (χ1) is 11.4. The third kappa shape index (κ3) is 2.70. The van der Waals surface area contributed by atoms with E-state index in [1.165, 1.54) is 12.1 Å². The minimum absolute atomic E-state index is 0.0177. The highest BCUT2D eigenvalue weighted by Gasteiger charge is 2.19. The van der Waals surface area contributed by atoms with Crippen LogP contribution in [0.2, 0.25) is 0 Å². The summed E-state index contributed by atoms with van der Waals surface area (Å²) in [5, 5.41) is 5.01. The minimum atomic E-state index is -2.49. The number of aromatic nitrogens is 4. The fourth-order valence-corrected chi connectivity index (χ4v) is 2.80. The number of hydrogen-bond donors (Lipinski definition) is 1. The molecule has 1 unspecified atom stereocenters. The van der Waals surface area contributed by atoms with Gasteiger partial charge in [-0.05, 0) is 25.8 Å². The van der Waals surface area contributed by atoms with Gasteiger partial charge in [-0.1, -0.05) is 31.2 Å². The minimum Gasteiger partial charge on any atom is -0.310 e. The molecular formula is C17H18F2N4O.